The number of amides is 2. The van der Waals surface area contributed by atoms with Crippen LogP contribution in [0, 0.1) is 0 Å². The minimum absolute atomic E-state index is 0.0839. The number of hydrogen-bond acceptors (Lipinski definition) is 5. The molecule has 9 nitrogen and oxygen atoms in total. The minimum Gasteiger partial charge on any atom is -0.350 e. The first-order chi connectivity index (χ1) is 13.3. The van der Waals surface area contributed by atoms with Gasteiger partial charge in [0.25, 0.3) is 11.5 Å². The van der Waals surface area contributed by atoms with Gasteiger partial charge in [-0.05, 0) is 33.6 Å². The summed E-state index contributed by atoms with van der Waals surface area (Å²) in [4.78, 5) is 42.4. The molecule has 0 fully saturated rings. The van der Waals surface area contributed by atoms with Gasteiger partial charge in [-0.2, -0.15) is 5.10 Å². The van der Waals surface area contributed by atoms with Crippen LogP contribution < -0.4 is 10.9 Å². The fraction of sp³-hybridized carbons (Fsp3) is 0.278. The summed E-state index contributed by atoms with van der Waals surface area (Å²) in [6.07, 6.45) is 1.33. The van der Waals surface area contributed by atoms with E-state index in [2.05, 4.69) is 31.3 Å². The molecule has 2 amide bonds. The van der Waals surface area contributed by atoms with Crippen molar-refractivity contribution >= 4 is 38.8 Å². The number of carbonyl (C=O) groups excluding carboxylic acids is 2. The van der Waals surface area contributed by atoms with Gasteiger partial charge in [0.2, 0.25) is 5.91 Å². The maximum Gasteiger partial charge on any atom is 0.266 e. The van der Waals surface area contributed by atoms with Gasteiger partial charge >= 0.3 is 0 Å². The molecule has 0 radical (unpaired) electrons. The van der Waals surface area contributed by atoms with Crippen LogP contribution in [-0.2, 0) is 24.9 Å². The van der Waals surface area contributed by atoms with Crippen LogP contribution in [-0.4, -0.2) is 50.1 Å². The molecule has 0 spiro atoms. The molecule has 0 aliphatic rings. The molecule has 2 heterocycles. The molecule has 3 aromatic rings. The normalized spacial score (nSPS) is 10.9. The summed E-state index contributed by atoms with van der Waals surface area (Å²) < 4.78 is 3.13. The van der Waals surface area contributed by atoms with Crippen molar-refractivity contribution in [2.24, 2.45) is 7.05 Å². The van der Waals surface area contributed by atoms with Gasteiger partial charge in [0.15, 0.2) is 5.65 Å². The molecule has 0 saturated carbocycles. The van der Waals surface area contributed by atoms with Crippen LogP contribution in [0.5, 0.6) is 0 Å². The van der Waals surface area contributed by atoms with E-state index >= 15 is 0 Å². The molecule has 3 rings (SSSR count). The lowest BCUT2D eigenvalue weighted by Crippen LogP contribution is -2.32. The zero-order chi connectivity index (χ0) is 20.4. The fourth-order valence-electron chi connectivity index (χ4n) is 2.68. The summed E-state index contributed by atoms with van der Waals surface area (Å²) in [6, 6.07) is 6.99. The molecule has 0 saturated heterocycles. The highest BCUT2D eigenvalue weighted by Gasteiger charge is 2.15. The SMILES string of the molecule is CN(C)C(=O)c1ccc(CNC(=O)Cn2cnc3c(c(Br)nn3C)c2=O)cc1. The number of fused-ring (bicyclic) bond motifs is 1. The van der Waals surface area contributed by atoms with Gasteiger partial charge in [0.05, 0.1) is 0 Å². The predicted octanol–water partition coefficient (Wildman–Crippen LogP) is 0.911. The number of carbonyl (C=O) groups is 2. The molecule has 146 valence electrons. The van der Waals surface area contributed by atoms with Crippen molar-refractivity contribution in [3.63, 3.8) is 0 Å². The van der Waals surface area contributed by atoms with Gasteiger partial charge in [0, 0.05) is 33.3 Å². The quantitative estimate of drug-likeness (QED) is 0.627. The van der Waals surface area contributed by atoms with E-state index in [0.717, 1.165) is 5.56 Å². The lowest BCUT2D eigenvalue weighted by Gasteiger charge is -2.11. The Labute approximate surface area is 169 Å². The zero-order valence-electron chi connectivity index (χ0n) is 15.6. The Kier molecular flexibility index (Phi) is 5.59. The third-order valence-electron chi connectivity index (χ3n) is 4.18. The third kappa shape index (κ3) is 3.96. The number of nitrogens with zero attached hydrogens (tertiary/aromatic N) is 5. The summed E-state index contributed by atoms with van der Waals surface area (Å²) in [5.74, 6) is -0.406. The fourth-order valence-corrected chi connectivity index (χ4v) is 3.27. The van der Waals surface area contributed by atoms with Crippen LogP contribution in [0.1, 0.15) is 15.9 Å². The number of benzene rings is 1. The molecule has 0 bridgehead atoms. The Balaban J connectivity index is 1.66. The number of aromatic nitrogens is 4. The van der Waals surface area contributed by atoms with E-state index in [1.807, 2.05) is 0 Å². The first-order valence-electron chi connectivity index (χ1n) is 8.43. The summed E-state index contributed by atoms with van der Waals surface area (Å²) in [5.41, 5.74) is 1.53. The minimum atomic E-state index is -0.341. The molecule has 0 aliphatic carbocycles. The summed E-state index contributed by atoms with van der Waals surface area (Å²) in [7, 11) is 5.07. The van der Waals surface area contributed by atoms with E-state index in [4.69, 9.17) is 0 Å². The van der Waals surface area contributed by atoms with E-state index in [1.165, 1.54) is 20.5 Å². The van der Waals surface area contributed by atoms with Crippen molar-refractivity contribution in [2.75, 3.05) is 14.1 Å². The highest BCUT2D eigenvalue weighted by atomic mass is 79.9. The van der Waals surface area contributed by atoms with Crippen LogP contribution in [0.3, 0.4) is 0 Å². The van der Waals surface area contributed by atoms with Gasteiger partial charge in [-0.1, -0.05) is 12.1 Å². The molecule has 2 aromatic heterocycles. The Bertz CT molecular complexity index is 1100. The maximum atomic E-state index is 12.6. The Hall–Kier alpha value is -3.01. The number of halogens is 1. The van der Waals surface area contributed by atoms with Gasteiger partial charge in [0.1, 0.15) is 22.9 Å². The summed E-state index contributed by atoms with van der Waals surface area (Å²) in [5, 5.41) is 7.20. The average molecular weight is 447 g/mol. The second-order valence-corrected chi connectivity index (χ2v) is 7.22. The topological polar surface area (TPSA) is 102 Å². The number of rotatable bonds is 5. The van der Waals surface area contributed by atoms with Crippen LogP contribution in [0.2, 0.25) is 0 Å². The van der Waals surface area contributed by atoms with Crippen molar-refractivity contribution in [3.05, 3.63) is 56.7 Å². The molecule has 10 heteroatoms. The van der Waals surface area contributed by atoms with Crippen LogP contribution in [0.25, 0.3) is 11.0 Å². The third-order valence-corrected chi connectivity index (χ3v) is 4.73. The van der Waals surface area contributed by atoms with Gasteiger partial charge in [-0.15, -0.1) is 0 Å². The second kappa shape index (κ2) is 7.93. The largest absolute Gasteiger partial charge is 0.350 e. The smallest absolute Gasteiger partial charge is 0.266 e. The van der Waals surface area contributed by atoms with E-state index in [9.17, 15) is 14.4 Å². The van der Waals surface area contributed by atoms with Crippen molar-refractivity contribution in [1.29, 1.82) is 0 Å². The Morgan fingerprint density at radius 1 is 1.21 bits per heavy atom. The molecular weight excluding hydrogens is 428 g/mol. The van der Waals surface area contributed by atoms with Gasteiger partial charge in [-0.3, -0.25) is 19.0 Å². The lowest BCUT2D eigenvalue weighted by molar-refractivity contribution is -0.121. The number of aryl methyl sites for hydroxylation is 1. The van der Waals surface area contributed by atoms with Crippen LogP contribution >= 0.6 is 15.9 Å². The predicted molar refractivity (Wildman–Crippen MR) is 107 cm³/mol. The Morgan fingerprint density at radius 2 is 1.89 bits per heavy atom. The molecular formula is C18H19BrN6O3. The van der Waals surface area contributed by atoms with E-state index in [-0.39, 0.29) is 30.5 Å². The summed E-state index contributed by atoms with van der Waals surface area (Å²) >= 11 is 3.24. The highest BCUT2D eigenvalue weighted by molar-refractivity contribution is 9.10. The summed E-state index contributed by atoms with van der Waals surface area (Å²) in [6.45, 7) is 0.136. The van der Waals surface area contributed by atoms with Crippen LogP contribution in [0.15, 0.2) is 40.0 Å². The lowest BCUT2D eigenvalue weighted by atomic mass is 10.1. The standard InChI is InChI=1S/C18H19BrN6O3/c1-23(2)17(27)12-6-4-11(5-7-12)8-20-13(26)9-25-10-21-16-14(18(25)28)15(19)22-24(16)3/h4-7,10H,8-9H2,1-3H3,(H,20,26). The second-order valence-electron chi connectivity index (χ2n) is 6.46. The zero-order valence-corrected chi connectivity index (χ0v) is 17.2. The van der Waals surface area contributed by atoms with Crippen molar-refractivity contribution in [2.45, 2.75) is 13.1 Å². The molecule has 0 unspecified atom stereocenters. The van der Waals surface area contributed by atoms with Crippen molar-refractivity contribution < 1.29 is 9.59 Å². The van der Waals surface area contributed by atoms with Gasteiger partial charge in [-0.25, -0.2) is 9.67 Å². The van der Waals surface area contributed by atoms with Crippen molar-refractivity contribution in [1.82, 2.24) is 29.5 Å². The molecule has 0 aliphatic heterocycles. The maximum absolute atomic E-state index is 12.6. The number of nitrogens with one attached hydrogen (secondary N) is 1. The average Bonchev–Trinajstić information content (AvgIpc) is 2.96. The Morgan fingerprint density at radius 3 is 2.54 bits per heavy atom. The molecule has 0 atom stereocenters. The van der Waals surface area contributed by atoms with E-state index < -0.39 is 0 Å². The first-order valence-corrected chi connectivity index (χ1v) is 9.22. The highest BCUT2D eigenvalue weighted by Crippen LogP contribution is 2.16. The monoisotopic (exact) mass is 446 g/mol. The van der Waals surface area contributed by atoms with Gasteiger partial charge < -0.3 is 10.2 Å². The first kappa shape index (κ1) is 19.7. The molecule has 1 N–H and O–H groups in total. The molecule has 1 aromatic carbocycles. The van der Waals surface area contributed by atoms with Crippen LogP contribution in [0.4, 0.5) is 0 Å². The molecule has 28 heavy (non-hydrogen) atoms. The van der Waals surface area contributed by atoms with E-state index in [1.54, 1.807) is 45.4 Å². The number of hydrogen-bond donors (Lipinski definition) is 1. The van der Waals surface area contributed by atoms with E-state index in [0.29, 0.717) is 21.2 Å². The van der Waals surface area contributed by atoms with Crippen molar-refractivity contribution in [3.8, 4) is 0 Å².